The predicted molar refractivity (Wildman–Crippen MR) is 97.5 cm³/mol. The van der Waals surface area contributed by atoms with Crippen molar-refractivity contribution in [3.63, 3.8) is 0 Å². The average molecular weight is 356 g/mol. The minimum Gasteiger partial charge on any atom is -0.465 e. The molecule has 7 nitrogen and oxygen atoms in total. The van der Waals surface area contributed by atoms with Crippen molar-refractivity contribution < 1.29 is 14.6 Å². The molecule has 8 heteroatoms. The quantitative estimate of drug-likeness (QED) is 0.749. The molecule has 2 N–H and O–H groups in total. The van der Waals surface area contributed by atoms with E-state index in [0.29, 0.717) is 5.13 Å². The number of benzene rings is 1. The number of nitrogens with zero attached hydrogens (tertiary/aromatic N) is 3. The van der Waals surface area contributed by atoms with Gasteiger partial charge in [0.2, 0.25) is 0 Å². The molecule has 1 aromatic carbocycles. The zero-order valence-corrected chi connectivity index (χ0v) is 14.1. The largest absolute Gasteiger partial charge is 0.465 e. The van der Waals surface area contributed by atoms with Crippen LogP contribution in [0.3, 0.4) is 0 Å². The second-order valence-electron chi connectivity index (χ2n) is 5.66. The van der Waals surface area contributed by atoms with E-state index in [1.807, 2.05) is 30.6 Å². The van der Waals surface area contributed by atoms with Gasteiger partial charge in [0.25, 0.3) is 0 Å². The summed E-state index contributed by atoms with van der Waals surface area (Å²) in [4.78, 5) is 21.7. The lowest BCUT2D eigenvalue weighted by Gasteiger charge is -2.28. The Morgan fingerprint density at radius 2 is 2.04 bits per heavy atom. The molecule has 2 aromatic heterocycles. The van der Waals surface area contributed by atoms with Gasteiger partial charge in [-0.15, -0.1) is 0 Å². The highest BCUT2D eigenvalue weighted by Gasteiger charge is 2.13. The minimum atomic E-state index is -1.11. The second kappa shape index (κ2) is 6.66. The highest BCUT2D eigenvalue weighted by atomic mass is 32.1. The number of amides is 1. The normalized spacial score (nSPS) is 14.6. The zero-order chi connectivity index (χ0) is 17.2. The number of nitrogens with one attached hydrogen (secondary N) is 1. The number of hydrogen-bond donors (Lipinski definition) is 2. The number of hydrogen-bond acceptors (Lipinski definition) is 6. The van der Waals surface area contributed by atoms with Gasteiger partial charge in [0, 0.05) is 24.8 Å². The van der Waals surface area contributed by atoms with Crippen molar-refractivity contribution in [1.82, 2.24) is 9.97 Å². The van der Waals surface area contributed by atoms with E-state index in [1.54, 1.807) is 0 Å². The molecule has 128 valence electrons. The summed E-state index contributed by atoms with van der Waals surface area (Å²) in [7, 11) is 0. The summed E-state index contributed by atoms with van der Waals surface area (Å²) in [6.45, 7) is 3.19. The summed E-state index contributed by atoms with van der Waals surface area (Å²) in [6, 6.07) is 8.01. The van der Waals surface area contributed by atoms with E-state index in [9.17, 15) is 4.79 Å². The predicted octanol–water partition coefficient (Wildman–Crippen LogP) is 3.28. The number of morpholine rings is 1. The van der Waals surface area contributed by atoms with Crippen LogP contribution in [0, 0.1) is 0 Å². The summed E-state index contributed by atoms with van der Waals surface area (Å²) in [5.41, 5.74) is 3.90. The van der Waals surface area contributed by atoms with Gasteiger partial charge >= 0.3 is 6.09 Å². The van der Waals surface area contributed by atoms with Gasteiger partial charge in [-0.1, -0.05) is 17.4 Å². The molecule has 1 amide bonds. The third kappa shape index (κ3) is 3.40. The number of pyridine rings is 1. The molecule has 0 unspecified atom stereocenters. The standard InChI is InChI=1S/C17H16N4O3S/c22-17(23)20-16-19-14-2-1-11(8-15(14)25-16)12-7-13(10-18-9-12)21-3-5-24-6-4-21/h1-2,7-10H,3-6H2,(H,19,20)(H,22,23). The third-order valence-electron chi connectivity index (χ3n) is 4.04. The Hall–Kier alpha value is -2.71. The molecule has 4 rings (SSSR count). The number of ether oxygens (including phenoxy) is 1. The van der Waals surface area contributed by atoms with Crippen LogP contribution in [0.25, 0.3) is 21.3 Å². The van der Waals surface area contributed by atoms with E-state index in [-0.39, 0.29) is 0 Å². The van der Waals surface area contributed by atoms with E-state index in [1.165, 1.54) is 11.3 Å². The fourth-order valence-corrected chi connectivity index (χ4v) is 3.72. The van der Waals surface area contributed by atoms with Crippen LogP contribution in [-0.4, -0.2) is 47.5 Å². The molecule has 0 aliphatic carbocycles. The second-order valence-corrected chi connectivity index (χ2v) is 6.69. The van der Waals surface area contributed by atoms with Crippen LogP contribution >= 0.6 is 11.3 Å². The maximum atomic E-state index is 10.8. The molecule has 25 heavy (non-hydrogen) atoms. The molecule has 1 aliphatic heterocycles. The average Bonchev–Trinajstić information content (AvgIpc) is 3.03. The molecule has 0 bridgehead atoms. The van der Waals surface area contributed by atoms with Crippen molar-refractivity contribution in [1.29, 1.82) is 0 Å². The fraction of sp³-hybridized carbons (Fsp3) is 0.235. The first-order valence-corrected chi connectivity index (χ1v) is 8.69. The lowest BCUT2D eigenvalue weighted by Crippen LogP contribution is -2.36. The molecule has 1 fully saturated rings. The highest BCUT2D eigenvalue weighted by Crippen LogP contribution is 2.31. The van der Waals surface area contributed by atoms with Crippen molar-refractivity contribution in [3.8, 4) is 11.1 Å². The monoisotopic (exact) mass is 356 g/mol. The van der Waals surface area contributed by atoms with Crippen molar-refractivity contribution in [2.75, 3.05) is 36.5 Å². The van der Waals surface area contributed by atoms with Gasteiger partial charge in [-0.25, -0.2) is 9.78 Å². The molecule has 3 aromatic rings. The first-order chi connectivity index (χ1) is 12.2. The van der Waals surface area contributed by atoms with E-state index >= 15 is 0 Å². The topological polar surface area (TPSA) is 87.6 Å². The van der Waals surface area contributed by atoms with Crippen LogP contribution in [-0.2, 0) is 4.74 Å². The van der Waals surface area contributed by atoms with Crippen LogP contribution in [0.2, 0.25) is 0 Å². The van der Waals surface area contributed by atoms with Crippen LogP contribution in [0.15, 0.2) is 36.7 Å². The van der Waals surface area contributed by atoms with Gasteiger partial charge in [0.05, 0.1) is 35.3 Å². The van der Waals surface area contributed by atoms with Crippen molar-refractivity contribution in [2.24, 2.45) is 0 Å². The van der Waals surface area contributed by atoms with Gasteiger partial charge in [-0.05, 0) is 23.8 Å². The molecule has 0 atom stereocenters. The van der Waals surface area contributed by atoms with Crippen molar-refractivity contribution in [3.05, 3.63) is 36.7 Å². The van der Waals surface area contributed by atoms with E-state index < -0.39 is 6.09 Å². The molecule has 0 saturated carbocycles. The number of anilines is 2. The molecule has 1 aliphatic rings. The first kappa shape index (κ1) is 15.8. The zero-order valence-electron chi connectivity index (χ0n) is 13.3. The fourth-order valence-electron chi connectivity index (χ4n) is 2.83. The van der Waals surface area contributed by atoms with Crippen LogP contribution < -0.4 is 10.2 Å². The summed E-state index contributed by atoms with van der Waals surface area (Å²) in [5.74, 6) is 0. The van der Waals surface area contributed by atoms with Crippen LogP contribution in [0.5, 0.6) is 0 Å². The Labute approximate surface area is 147 Å². The van der Waals surface area contributed by atoms with E-state index in [4.69, 9.17) is 9.84 Å². The van der Waals surface area contributed by atoms with E-state index in [2.05, 4.69) is 26.3 Å². The highest BCUT2D eigenvalue weighted by molar-refractivity contribution is 7.22. The lowest BCUT2D eigenvalue weighted by molar-refractivity contribution is 0.122. The minimum absolute atomic E-state index is 0.375. The lowest BCUT2D eigenvalue weighted by atomic mass is 10.1. The summed E-state index contributed by atoms with van der Waals surface area (Å²) >= 11 is 1.32. The Bertz CT molecular complexity index is 921. The van der Waals surface area contributed by atoms with Gasteiger partial charge in [0.15, 0.2) is 5.13 Å². The maximum absolute atomic E-state index is 10.8. The van der Waals surface area contributed by atoms with Gasteiger partial charge in [0.1, 0.15) is 0 Å². The van der Waals surface area contributed by atoms with Crippen molar-refractivity contribution in [2.45, 2.75) is 0 Å². The van der Waals surface area contributed by atoms with Crippen LogP contribution in [0.4, 0.5) is 15.6 Å². The number of carbonyl (C=O) groups is 1. The third-order valence-corrected chi connectivity index (χ3v) is 4.97. The Morgan fingerprint density at radius 3 is 2.84 bits per heavy atom. The molecular formula is C17H16N4O3S. The van der Waals surface area contributed by atoms with Gasteiger partial charge < -0.3 is 14.7 Å². The van der Waals surface area contributed by atoms with E-state index in [0.717, 1.165) is 53.3 Å². The number of rotatable bonds is 3. The smallest absolute Gasteiger partial charge is 0.410 e. The Morgan fingerprint density at radius 1 is 1.20 bits per heavy atom. The van der Waals surface area contributed by atoms with Crippen molar-refractivity contribution >= 4 is 38.5 Å². The Kier molecular flexibility index (Phi) is 4.21. The molecule has 0 radical (unpaired) electrons. The molecule has 1 saturated heterocycles. The number of aromatic nitrogens is 2. The number of carboxylic acid groups (broad SMARTS) is 1. The Balaban J connectivity index is 1.65. The summed E-state index contributed by atoms with van der Waals surface area (Å²) in [6.07, 6.45) is 2.60. The number of fused-ring (bicyclic) bond motifs is 1. The molecular weight excluding hydrogens is 340 g/mol. The maximum Gasteiger partial charge on any atom is 0.410 e. The van der Waals surface area contributed by atoms with Crippen LogP contribution in [0.1, 0.15) is 0 Å². The summed E-state index contributed by atoms with van der Waals surface area (Å²) in [5, 5.41) is 11.5. The SMILES string of the molecule is O=C(O)Nc1nc2ccc(-c3cncc(N4CCOCC4)c3)cc2s1. The van der Waals surface area contributed by atoms with Gasteiger partial charge in [-0.2, -0.15) is 0 Å². The van der Waals surface area contributed by atoms with Gasteiger partial charge in [-0.3, -0.25) is 10.3 Å². The molecule has 0 spiro atoms. The molecule has 3 heterocycles. The summed E-state index contributed by atoms with van der Waals surface area (Å²) < 4.78 is 6.33. The first-order valence-electron chi connectivity index (χ1n) is 7.88. The number of thiazole rings is 1.